The van der Waals surface area contributed by atoms with Crippen LogP contribution in [0.4, 0.5) is 0 Å². The van der Waals surface area contributed by atoms with Gasteiger partial charge in [0.25, 0.3) is 0 Å². The largest absolute Gasteiger partial charge is 0.314 e. The van der Waals surface area contributed by atoms with Gasteiger partial charge in [-0.15, -0.1) is 0 Å². The molecule has 0 amide bonds. The van der Waals surface area contributed by atoms with E-state index in [1.165, 1.54) is 30.7 Å². The quantitative estimate of drug-likeness (QED) is 0.622. The zero-order valence-corrected chi connectivity index (χ0v) is 7.80. The van der Waals surface area contributed by atoms with E-state index in [-0.39, 0.29) is 5.54 Å². The third-order valence-electron chi connectivity index (χ3n) is 3.19. The summed E-state index contributed by atoms with van der Waals surface area (Å²) >= 11 is 0. The van der Waals surface area contributed by atoms with Gasteiger partial charge in [0.05, 0.1) is 0 Å². The van der Waals surface area contributed by atoms with Crippen molar-refractivity contribution < 1.29 is 5.21 Å². The van der Waals surface area contributed by atoms with Crippen molar-refractivity contribution in [3.63, 3.8) is 0 Å². The summed E-state index contributed by atoms with van der Waals surface area (Å²) in [7, 11) is 1.75. The highest BCUT2D eigenvalue weighted by Crippen LogP contribution is 2.35. The molecule has 0 radical (unpaired) electrons. The van der Waals surface area contributed by atoms with Crippen LogP contribution in [0.25, 0.3) is 0 Å². The van der Waals surface area contributed by atoms with E-state index in [4.69, 9.17) is 0 Å². The van der Waals surface area contributed by atoms with E-state index in [9.17, 15) is 5.21 Å². The van der Waals surface area contributed by atoms with Crippen LogP contribution in [0.3, 0.4) is 0 Å². The Bertz CT molecular complexity index is 126. The summed E-state index contributed by atoms with van der Waals surface area (Å²) in [6.07, 6.45) is 5.22. The molecule has 1 rings (SSSR count). The normalized spacial score (nSPS) is 21.5. The molecule has 1 fully saturated rings. The van der Waals surface area contributed by atoms with Crippen molar-refractivity contribution in [1.29, 1.82) is 0 Å². The van der Waals surface area contributed by atoms with Crippen LogP contribution in [-0.2, 0) is 0 Å². The summed E-state index contributed by atoms with van der Waals surface area (Å²) < 4.78 is 0. The molecule has 11 heavy (non-hydrogen) atoms. The lowest BCUT2D eigenvalue weighted by Gasteiger charge is -2.36. The molecule has 1 aliphatic carbocycles. The van der Waals surface area contributed by atoms with Crippen molar-refractivity contribution in [1.82, 2.24) is 5.06 Å². The zero-order chi connectivity index (χ0) is 8.48. The summed E-state index contributed by atoms with van der Waals surface area (Å²) in [4.78, 5) is 0. The second kappa shape index (κ2) is 3.11. The van der Waals surface area contributed by atoms with Crippen LogP contribution in [0, 0.1) is 5.92 Å². The Kier molecular flexibility index (Phi) is 2.55. The number of hydroxylamine groups is 2. The topological polar surface area (TPSA) is 23.5 Å². The minimum absolute atomic E-state index is 0.0312. The van der Waals surface area contributed by atoms with Gasteiger partial charge in [-0.05, 0) is 32.6 Å². The highest BCUT2D eigenvalue weighted by atomic mass is 16.5. The molecule has 0 aromatic heterocycles. The Morgan fingerprint density at radius 1 is 1.27 bits per heavy atom. The van der Waals surface area contributed by atoms with E-state index in [1.807, 2.05) is 0 Å². The van der Waals surface area contributed by atoms with Gasteiger partial charge in [-0.25, -0.2) is 0 Å². The Morgan fingerprint density at radius 3 is 2.09 bits per heavy atom. The number of nitrogens with zero attached hydrogens (tertiary/aromatic N) is 1. The van der Waals surface area contributed by atoms with Gasteiger partial charge in [0.2, 0.25) is 0 Å². The van der Waals surface area contributed by atoms with E-state index in [0.29, 0.717) is 5.92 Å². The Morgan fingerprint density at radius 2 is 1.73 bits per heavy atom. The standard InChI is InChI=1S/C9H19NO/c1-9(2,10(3)11)8-6-4-5-7-8/h8,11H,4-7H2,1-3H3. The van der Waals surface area contributed by atoms with Crippen LogP contribution < -0.4 is 0 Å². The second-order valence-electron chi connectivity index (χ2n) is 4.16. The predicted octanol–water partition coefficient (Wildman–Crippen LogP) is 2.28. The van der Waals surface area contributed by atoms with E-state index < -0.39 is 0 Å². The van der Waals surface area contributed by atoms with Crippen molar-refractivity contribution in [2.45, 2.75) is 45.1 Å². The predicted molar refractivity (Wildman–Crippen MR) is 45.6 cm³/mol. The Labute approximate surface area is 69.2 Å². The smallest absolute Gasteiger partial charge is 0.0429 e. The Hall–Kier alpha value is -0.0800. The molecule has 2 heteroatoms. The van der Waals surface area contributed by atoms with Gasteiger partial charge >= 0.3 is 0 Å². The molecule has 2 nitrogen and oxygen atoms in total. The lowest BCUT2D eigenvalue weighted by atomic mass is 9.86. The average Bonchev–Trinajstić information content (AvgIpc) is 2.37. The molecule has 0 unspecified atom stereocenters. The molecule has 1 aliphatic rings. The zero-order valence-electron chi connectivity index (χ0n) is 7.80. The molecular formula is C9H19NO. The van der Waals surface area contributed by atoms with Gasteiger partial charge in [-0.2, -0.15) is 5.06 Å². The van der Waals surface area contributed by atoms with Gasteiger partial charge in [0.1, 0.15) is 0 Å². The van der Waals surface area contributed by atoms with Crippen LogP contribution in [0.5, 0.6) is 0 Å². The van der Waals surface area contributed by atoms with Crippen molar-refractivity contribution >= 4 is 0 Å². The number of rotatable bonds is 2. The number of hydrogen-bond acceptors (Lipinski definition) is 2. The maximum atomic E-state index is 9.37. The molecule has 1 N–H and O–H groups in total. The first-order valence-electron chi connectivity index (χ1n) is 4.48. The second-order valence-corrected chi connectivity index (χ2v) is 4.16. The first-order valence-corrected chi connectivity index (χ1v) is 4.48. The maximum absolute atomic E-state index is 9.37. The number of hydrogen-bond donors (Lipinski definition) is 1. The lowest BCUT2D eigenvalue weighted by molar-refractivity contribution is -0.158. The molecule has 0 spiro atoms. The molecule has 0 bridgehead atoms. The van der Waals surface area contributed by atoms with Crippen molar-refractivity contribution in [2.75, 3.05) is 7.05 Å². The van der Waals surface area contributed by atoms with E-state index in [1.54, 1.807) is 7.05 Å². The summed E-state index contributed by atoms with van der Waals surface area (Å²) in [5.41, 5.74) is -0.0312. The molecule has 0 heterocycles. The summed E-state index contributed by atoms with van der Waals surface area (Å²) in [6.45, 7) is 4.23. The Balaban J connectivity index is 2.55. The van der Waals surface area contributed by atoms with E-state index >= 15 is 0 Å². The summed E-state index contributed by atoms with van der Waals surface area (Å²) in [5, 5.41) is 10.7. The summed E-state index contributed by atoms with van der Waals surface area (Å²) in [5.74, 6) is 0.678. The van der Waals surface area contributed by atoms with Crippen molar-refractivity contribution in [2.24, 2.45) is 5.92 Å². The monoisotopic (exact) mass is 157 g/mol. The van der Waals surface area contributed by atoms with E-state index in [2.05, 4.69) is 13.8 Å². The first kappa shape index (κ1) is 9.01. The third kappa shape index (κ3) is 1.74. The van der Waals surface area contributed by atoms with Gasteiger partial charge < -0.3 is 5.21 Å². The molecule has 0 atom stereocenters. The third-order valence-corrected chi connectivity index (χ3v) is 3.19. The van der Waals surface area contributed by atoms with Crippen LogP contribution in [0.2, 0.25) is 0 Å². The van der Waals surface area contributed by atoms with Crippen LogP contribution in [-0.4, -0.2) is 22.9 Å². The average molecular weight is 157 g/mol. The molecule has 0 aliphatic heterocycles. The molecular weight excluding hydrogens is 138 g/mol. The maximum Gasteiger partial charge on any atom is 0.0429 e. The van der Waals surface area contributed by atoms with Gasteiger partial charge in [-0.3, -0.25) is 0 Å². The van der Waals surface area contributed by atoms with Crippen LogP contribution in [0.15, 0.2) is 0 Å². The van der Waals surface area contributed by atoms with Crippen LogP contribution in [0.1, 0.15) is 39.5 Å². The van der Waals surface area contributed by atoms with Gasteiger partial charge in [0.15, 0.2) is 0 Å². The van der Waals surface area contributed by atoms with Crippen molar-refractivity contribution in [3.05, 3.63) is 0 Å². The fourth-order valence-electron chi connectivity index (χ4n) is 1.90. The lowest BCUT2D eigenvalue weighted by Crippen LogP contribution is -2.44. The van der Waals surface area contributed by atoms with Crippen molar-refractivity contribution in [3.8, 4) is 0 Å². The molecule has 66 valence electrons. The van der Waals surface area contributed by atoms with Crippen LogP contribution >= 0.6 is 0 Å². The molecule has 0 aromatic rings. The van der Waals surface area contributed by atoms with E-state index in [0.717, 1.165) is 0 Å². The fourth-order valence-corrected chi connectivity index (χ4v) is 1.90. The highest BCUT2D eigenvalue weighted by Gasteiger charge is 2.34. The minimum Gasteiger partial charge on any atom is -0.314 e. The summed E-state index contributed by atoms with van der Waals surface area (Å²) in [6, 6.07) is 0. The molecule has 0 aromatic carbocycles. The highest BCUT2D eigenvalue weighted by molar-refractivity contribution is 4.86. The molecule has 1 saturated carbocycles. The SMILES string of the molecule is CN(O)C(C)(C)C1CCCC1. The fraction of sp³-hybridized carbons (Fsp3) is 1.00. The van der Waals surface area contributed by atoms with Gasteiger partial charge in [0, 0.05) is 12.6 Å². The minimum atomic E-state index is -0.0312. The van der Waals surface area contributed by atoms with Gasteiger partial charge in [-0.1, -0.05) is 12.8 Å². The molecule has 0 saturated heterocycles. The first-order chi connectivity index (χ1) is 5.05.